The molecule has 0 spiro atoms. The van der Waals surface area contributed by atoms with Crippen molar-refractivity contribution in [3.8, 4) is 0 Å². The molecular weight excluding hydrogens is 733 g/mol. The third kappa shape index (κ3) is 44.5. The first-order valence-electron chi connectivity index (χ1n) is 22.7. The molecule has 0 saturated heterocycles. The average Bonchev–Trinajstić information content (AvgIpc) is 3.23. The molecule has 0 radical (unpaired) electrons. The van der Waals surface area contributed by atoms with Crippen LogP contribution in [0.4, 0.5) is 0 Å². The third-order valence-electron chi connectivity index (χ3n) is 8.65. The summed E-state index contributed by atoms with van der Waals surface area (Å²) in [5.74, 6) is -1.17. The molecule has 328 valence electrons. The summed E-state index contributed by atoms with van der Waals surface area (Å²) in [6.45, 7) is 6.17. The molecule has 1 unspecified atom stereocenters. The predicted octanol–water partition coefficient (Wildman–Crippen LogP) is 14.7. The molecule has 0 aliphatic heterocycles. The van der Waals surface area contributed by atoms with E-state index in [-0.39, 0.29) is 38.4 Å². The molecule has 6 heteroatoms. The highest BCUT2D eigenvalue weighted by Crippen LogP contribution is 2.08. The van der Waals surface area contributed by atoms with E-state index in [0.29, 0.717) is 19.3 Å². The van der Waals surface area contributed by atoms with E-state index in [9.17, 15) is 14.4 Å². The molecule has 0 N–H and O–H groups in total. The van der Waals surface area contributed by atoms with Gasteiger partial charge in [0.25, 0.3) is 0 Å². The maximum absolute atomic E-state index is 12.7. The van der Waals surface area contributed by atoms with Gasteiger partial charge in [-0.15, -0.1) is 0 Å². The summed E-state index contributed by atoms with van der Waals surface area (Å²) >= 11 is 0. The summed E-state index contributed by atoms with van der Waals surface area (Å²) in [6.07, 6.45) is 64.7. The fourth-order valence-electron chi connectivity index (χ4n) is 5.31. The van der Waals surface area contributed by atoms with Gasteiger partial charge in [0.1, 0.15) is 13.2 Å². The summed E-state index contributed by atoms with van der Waals surface area (Å²) < 4.78 is 16.5. The number of hydrogen-bond acceptors (Lipinski definition) is 6. The molecule has 0 aliphatic rings. The van der Waals surface area contributed by atoms with Crippen molar-refractivity contribution < 1.29 is 28.6 Å². The monoisotopic (exact) mass is 813 g/mol. The first-order valence-corrected chi connectivity index (χ1v) is 22.7. The third-order valence-corrected chi connectivity index (χ3v) is 8.65. The fourth-order valence-corrected chi connectivity index (χ4v) is 5.31. The van der Waals surface area contributed by atoms with Gasteiger partial charge in [0.05, 0.1) is 0 Å². The minimum absolute atomic E-state index is 0.151. The molecule has 6 nitrogen and oxygen atoms in total. The molecule has 0 amide bonds. The van der Waals surface area contributed by atoms with Crippen LogP contribution < -0.4 is 0 Å². The van der Waals surface area contributed by atoms with Gasteiger partial charge in [0.15, 0.2) is 6.10 Å². The minimum Gasteiger partial charge on any atom is -0.462 e. The Hall–Kier alpha value is -4.45. The molecule has 0 aliphatic carbocycles. The molecule has 0 saturated carbocycles. The van der Waals surface area contributed by atoms with Crippen molar-refractivity contribution in [3.05, 3.63) is 134 Å². The van der Waals surface area contributed by atoms with Crippen LogP contribution in [0.25, 0.3) is 0 Å². The van der Waals surface area contributed by atoms with Crippen molar-refractivity contribution in [2.45, 2.75) is 168 Å². The average molecular weight is 813 g/mol. The van der Waals surface area contributed by atoms with Gasteiger partial charge in [-0.05, 0) is 103 Å². The Morgan fingerprint density at radius 2 is 0.695 bits per heavy atom. The molecule has 0 aromatic carbocycles. The van der Waals surface area contributed by atoms with Gasteiger partial charge in [0.2, 0.25) is 0 Å². The maximum Gasteiger partial charge on any atom is 0.306 e. The quantitative estimate of drug-likeness (QED) is 0.0267. The standard InChI is InChI=1S/C53H80O6/c1-4-7-10-13-16-19-21-23-25-27-29-31-34-37-40-43-46-52(55)58-49-50(48-57-51(54)45-42-39-36-33-18-15-12-9-6-3)59-53(56)47-44-41-38-35-32-30-28-26-24-22-20-17-14-11-8-5-2/h7-8,10-11,16-17,19-20,23-26,29-33,36-38,40-41,50H,4-6,9,12-15,18,21-22,27-28,34-35,39,42-49H2,1-3H3/b10-7-,11-8-,19-16-,20-17-,25-23-,26-24-,31-29-,32-30-,36-33-,40-37-,41-38-. The van der Waals surface area contributed by atoms with Crippen LogP contribution in [-0.4, -0.2) is 37.2 Å². The van der Waals surface area contributed by atoms with Crippen LogP contribution in [0, 0.1) is 0 Å². The van der Waals surface area contributed by atoms with Crippen molar-refractivity contribution in [2.75, 3.05) is 13.2 Å². The highest BCUT2D eigenvalue weighted by atomic mass is 16.6. The van der Waals surface area contributed by atoms with Gasteiger partial charge < -0.3 is 14.2 Å². The zero-order valence-electron chi connectivity index (χ0n) is 37.2. The lowest BCUT2D eigenvalue weighted by molar-refractivity contribution is -0.166. The summed E-state index contributed by atoms with van der Waals surface area (Å²) in [5.41, 5.74) is 0. The molecule has 0 aromatic heterocycles. The number of rotatable bonds is 38. The summed E-state index contributed by atoms with van der Waals surface area (Å²) in [7, 11) is 0. The second-order valence-electron chi connectivity index (χ2n) is 14.2. The molecule has 0 heterocycles. The van der Waals surface area contributed by atoms with E-state index < -0.39 is 18.0 Å². The summed E-state index contributed by atoms with van der Waals surface area (Å²) in [4.78, 5) is 37.6. The molecule has 1 atom stereocenters. The van der Waals surface area contributed by atoms with Gasteiger partial charge in [-0.25, -0.2) is 0 Å². The number of allylic oxidation sites excluding steroid dienone is 22. The predicted molar refractivity (Wildman–Crippen MR) is 251 cm³/mol. The van der Waals surface area contributed by atoms with Crippen LogP contribution in [-0.2, 0) is 28.6 Å². The number of ether oxygens (including phenoxy) is 3. The van der Waals surface area contributed by atoms with Gasteiger partial charge >= 0.3 is 17.9 Å². The Morgan fingerprint density at radius 3 is 1.10 bits per heavy atom. The maximum atomic E-state index is 12.7. The van der Waals surface area contributed by atoms with E-state index in [0.717, 1.165) is 77.0 Å². The van der Waals surface area contributed by atoms with E-state index in [1.54, 1.807) is 0 Å². The van der Waals surface area contributed by atoms with E-state index in [1.807, 2.05) is 24.3 Å². The molecule has 0 aromatic rings. The Balaban J connectivity index is 4.65. The fraction of sp³-hybridized carbons (Fsp3) is 0.528. The Bertz CT molecular complexity index is 1350. The highest BCUT2D eigenvalue weighted by Gasteiger charge is 2.19. The zero-order valence-corrected chi connectivity index (χ0v) is 37.2. The number of carbonyl (C=O) groups excluding carboxylic acids is 3. The normalized spacial score (nSPS) is 13.3. The molecule has 0 bridgehead atoms. The van der Waals surface area contributed by atoms with E-state index in [2.05, 4.69) is 130 Å². The van der Waals surface area contributed by atoms with Crippen LogP contribution >= 0.6 is 0 Å². The lowest BCUT2D eigenvalue weighted by Crippen LogP contribution is -2.30. The first kappa shape index (κ1) is 54.6. The number of unbranched alkanes of at least 4 members (excludes halogenated alkanes) is 5. The van der Waals surface area contributed by atoms with Crippen LogP contribution in [0.15, 0.2) is 134 Å². The zero-order chi connectivity index (χ0) is 43.0. The van der Waals surface area contributed by atoms with Crippen molar-refractivity contribution in [1.29, 1.82) is 0 Å². The smallest absolute Gasteiger partial charge is 0.306 e. The van der Waals surface area contributed by atoms with Crippen molar-refractivity contribution in [3.63, 3.8) is 0 Å². The van der Waals surface area contributed by atoms with E-state index in [4.69, 9.17) is 14.2 Å². The SMILES string of the molecule is CC/C=C\C/C=C\C/C=C\C/C=C\C/C=C\CCC(=O)OCC(COC(=O)CCC/C=C\CCCCCC)OC(=O)CC/C=C\C/C=C\C/C=C\C/C=C\C/C=C\CC. The Kier molecular flexibility index (Phi) is 42.8. The van der Waals surface area contributed by atoms with E-state index in [1.165, 1.54) is 25.7 Å². The van der Waals surface area contributed by atoms with Crippen molar-refractivity contribution in [1.82, 2.24) is 0 Å². The lowest BCUT2D eigenvalue weighted by Gasteiger charge is -2.18. The molecular formula is C53H80O6. The molecule has 59 heavy (non-hydrogen) atoms. The van der Waals surface area contributed by atoms with Gasteiger partial charge in [-0.3, -0.25) is 14.4 Å². The van der Waals surface area contributed by atoms with E-state index >= 15 is 0 Å². The lowest BCUT2D eigenvalue weighted by atomic mass is 10.1. The second kappa shape index (κ2) is 46.2. The minimum atomic E-state index is -0.861. The largest absolute Gasteiger partial charge is 0.462 e. The topological polar surface area (TPSA) is 78.9 Å². The Morgan fingerprint density at radius 1 is 0.356 bits per heavy atom. The number of esters is 3. The van der Waals surface area contributed by atoms with Gasteiger partial charge in [-0.2, -0.15) is 0 Å². The van der Waals surface area contributed by atoms with Crippen LogP contribution in [0.5, 0.6) is 0 Å². The van der Waals surface area contributed by atoms with Crippen LogP contribution in [0.3, 0.4) is 0 Å². The second-order valence-corrected chi connectivity index (χ2v) is 14.2. The van der Waals surface area contributed by atoms with Crippen molar-refractivity contribution >= 4 is 17.9 Å². The first-order chi connectivity index (χ1) is 29.0. The summed E-state index contributed by atoms with van der Waals surface area (Å²) in [6, 6.07) is 0. The van der Waals surface area contributed by atoms with Gasteiger partial charge in [-0.1, -0.05) is 174 Å². The van der Waals surface area contributed by atoms with Crippen molar-refractivity contribution in [2.24, 2.45) is 0 Å². The highest BCUT2D eigenvalue weighted by molar-refractivity contribution is 5.71. The summed E-state index contributed by atoms with van der Waals surface area (Å²) in [5, 5.41) is 0. The number of carbonyl (C=O) groups is 3. The van der Waals surface area contributed by atoms with Gasteiger partial charge in [0, 0.05) is 19.3 Å². The molecule has 0 fully saturated rings. The Labute approximate surface area is 360 Å². The van der Waals surface area contributed by atoms with Crippen LogP contribution in [0.1, 0.15) is 162 Å². The van der Waals surface area contributed by atoms with Crippen LogP contribution in [0.2, 0.25) is 0 Å². The molecule has 0 rings (SSSR count). The number of hydrogen-bond donors (Lipinski definition) is 0.